The van der Waals surface area contributed by atoms with Crippen LogP contribution in [0.4, 0.5) is 0 Å². The highest BCUT2D eigenvalue weighted by Gasteiger charge is 2.26. The second-order valence-corrected chi connectivity index (χ2v) is 6.87. The lowest BCUT2D eigenvalue weighted by Gasteiger charge is -2.35. The van der Waals surface area contributed by atoms with Crippen molar-refractivity contribution < 1.29 is 9.59 Å². The van der Waals surface area contributed by atoms with Gasteiger partial charge in [0.05, 0.1) is 17.0 Å². The van der Waals surface area contributed by atoms with Gasteiger partial charge in [0.15, 0.2) is 0 Å². The van der Waals surface area contributed by atoms with Gasteiger partial charge in [0.1, 0.15) is 5.82 Å². The van der Waals surface area contributed by atoms with Gasteiger partial charge in [-0.1, -0.05) is 30.7 Å². The number of aromatic amines is 1. The van der Waals surface area contributed by atoms with E-state index in [0.29, 0.717) is 42.6 Å². The van der Waals surface area contributed by atoms with Gasteiger partial charge in [-0.15, -0.1) is 0 Å². The van der Waals surface area contributed by atoms with Crippen LogP contribution < -0.4 is 0 Å². The Morgan fingerprint density at radius 1 is 1.19 bits per heavy atom. The van der Waals surface area contributed by atoms with E-state index < -0.39 is 0 Å². The molecule has 2 aromatic rings. The molecule has 1 N–H and O–H groups in total. The Morgan fingerprint density at radius 2 is 1.88 bits per heavy atom. The number of halogens is 1. The molecule has 0 saturated carbocycles. The van der Waals surface area contributed by atoms with Crippen molar-refractivity contribution in [3.8, 4) is 0 Å². The third kappa shape index (κ3) is 3.90. The molecule has 0 atom stereocenters. The fourth-order valence-electron chi connectivity index (χ4n) is 3.07. The number of aryl methyl sites for hydroxylation is 2. The molecule has 0 unspecified atom stereocenters. The maximum atomic E-state index is 12.7. The number of piperazine rings is 1. The second kappa shape index (κ2) is 7.91. The standard InChI is InChI=1S/C19H23ClN4O2/c1-3-14-12-21-16(22-14)11-17(25)23-7-9-24(10-8-23)19(26)15-6-4-5-13(2)18(15)20/h4-6,12H,3,7-11H2,1-2H3,(H,21,22). The summed E-state index contributed by atoms with van der Waals surface area (Å²) >= 11 is 6.27. The number of benzene rings is 1. The lowest BCUT2D eigenvalue weighted by Crippen LogP contribution is -2.51. The molecule has 1 aliphatic rings. The lowest BCUT2D eigenvalue weighted by atomic mass is 10.1. The molecular weight excluding hydrogens is 352 g/mol. The van der Waals surface area contributed by atoms with Crippen LogP contribution in [0.1, 0.15) is 34.4 Å². The minimum atomic E-state index is -0.0792. The van der Waals surface area contributed by atoms with Crippen molar-refractivity contribution in [2.24, 2.45) is 0 Å². The van der Waals surface area contributed by atoms with Crippen molar-refractivity contribution in [2.45, 2.75) is 26.7 Å². The smallest absolute Gasteiger partial charge is 0.255 e. The molecule has 1 fully saturated rings. The highest BCUT2D eigenvalue weighted by molar-refractivity contribution is 6.34. The number of nitrogens with zero attached hydrogens (tertiary/aromatic N) is 3. The normalized spacial score (nSPS) is 14.6. The van der Waals surface area contributed by atoms with Gasteiger partial charge in [-0.2, -0.15) is 0 Å². The minimum absolute atomic E-state index is 0.0303. The molecule has 0 bridgehead atoms. The average molecular weight is 375 g/mol. The fourth-order valence-corrected chi connectivity index (χ4v) is 3.28. The molecule has 1 saturated heterocycles. The molecule has 1 aromatic heterocycles. The highest BCUT2D eigenvalue weighted by Crippen LogP contribution is 2.22. The molecule has 0 radical (unpaired) electrons. The summed E-state index contributed by atoms with van der Waals surface area (Å²) in [5.74, 6) is 0.643. The Kier molecular flexibility index (Phi) is 5.61. The Bertz CT molecular complexity index is 810. The van der Waals surface area contributed by atoms with Crippen molar-refractivity contribution in [3.63, 3.8) is 0 Å². The monoisotopic (exact) mass is 374 g/mol. The van der Waals surface area contributed by atoms with Crippen LogP contribution in [0.3, 0.4) is 0 Å². The minimum Gasteiger partial charge on any atom is -0.345 e. The third-order valence-electron chi connectivity index (χ3n) is 4.72. The van der Waals surface area contributed by atoms with Gasteiger partial charge in [0, 0.05) is 38.1 Å². The first-order valence-electron chi connectivity index (χ1n) is 8.84. The first kappa shape index (κ1) is 18.5. The van der Waals surface area contributed by atoms with Crippen LogP contribution in [0.5, 0.6) is 0 Å². The van der Waals surface area contributed by atoms with Crippen LogP contribution in [-0.2, 0) is 17.6 Å². The molecule has 1 aromatic carbocycles. The molecule has 7 heteroatoms. The van der Waals surface area contributed by atoms with E-state index in [0.717, 1.165) is 17.7 Å². The summed E-state index contributed by atoms with van der Waals surface area (Å²) in [5.41, 5.74) is 2.43. The van der Waals surface area contributed by atoms with Gasteiger partial charge in [0.2, 0.25) is 5.91 Å². The van der Waals surface area contributed by atoms with Crippen LogP contribution in [0.25, 0.3) is 0 Å². The topological polar surface area (TPSA) is 69.3 Å². The average Bonchev–Trinajstić information content (AvgIpc) is 3.11. The van der Waals surface area contributed by atoms with Gasteiger partial charge >= 0.3 is 0 Å². The van der Waals surface area contributed by atoms with E-state index in [2.05, 4.69) is 9.97 Å². The van der Waals surface area contributed by atoms with Crippen molar-refractivity contribution in [2.75, 3.05) is 26.2 Å². The van der Waals surface area contributed by atoms with Crippen molar-refractivity contribution >= 4 is 23.4 Å². The van der Waals surface area contributed by atoms with E-state index in [-0.39, 0.29) is 18.2 Å². The molecular formula is C19H23ClN4O2. The van der Waals surface area contributed by atoms with Crippen LogP contribution in [0.2, 0.25) is 5.02 Å². The van der Waals surface area contributed by atoms with Crippen LogP contribution >= 0.6 is 11.6 Å². The van der Waals surface area contributed by atoms with Gasteiger partial charge in [0.25, 0.3) is 5.91 Å². The zero-order valence-electron chi connectivity index (χ0n) is 15.1. The predicted octanol–water partition coefficient (Wildman–Crippen LogP) is 2.46. The van der Waals surface area contributed by atoms with E-state index in [4.69, 9.17) is 11.6 Å². The van der Waals surface area contributed by atoms with E-state index in [1.807, 2.05) is 26.0 Å². The van der Waals surface area contributed by atoms with Crippen LogP contribution in [-0.4, -0.2) is 57.8 Å². The maximum Gasteiger partial charge on any atom is 0.255 e. The SMILES string of the molecule is CCc1cnc(CC(=O)N2CCN(C(=O)c3cccc(C)c3Cl)CC2)[nH]1. The molecule has 0 spiro atoms. The molecule has 6 nitrogen and oxygen atoms in total. The summed E-state index contributed by atoms with van der Waals surface area (Å²) in [7, 11) is 0. The summed E-state index contributed by atoms with van der Waals surface area (Å²) in [5, 5.41) is 0.501. The quantitative estimate of drug-likeness (QED) is 0.893. The van der Waals surface area contributed by atoms with Gasteiger partial charge in [-0.05, 0) is 25.0 Å². The van der Waals surface area contributed by atoms with E-state index in [1.165, 1.54) is 0 Å². The number of hydrogen-bond acceptors (Lipinski definition) is 3. The number of amides is 2. The van der Waals surface area contributed by atoms with Crippen LogP contribution in [0.15, 0.2) is 24.4 Å². The molecule has 26 heavy (non-hydrogen) atoms. The summed E-state index contributed by atoms with van der Waals surface area (Å²) in [6.07, 6.45) is 2.89. The van der Waals surface area contributed by atoms with Gasteiger partial charge in [-0.25, -0.2) is 4.98 Å². The summed E-state index contributed by atoms with van der Waals surface area (Å²) in [4.78, 5) is 36.1. The zero-order chi connectivity index (χ0) is 18.7. The Hall–Kier alpha value is -2.34. The van der Waals surface area contributed by atoms with Crippen molar-refractivity contribution in [3.05, 3.63) is 52.1 Å². The Labute approximate surface area is 158 Å². The number of nitrogens with one attached hydrogen (secondary N) is 1. The third-order valence-corrected chi connectivity index (χ3v) is 5.22. The zero-order valence-corrected chi connectivity index (χ0v) is 15.8. The number of aromatic nitrogens is 2. The number of imidazole rings is 1. The fraction of sp³-hybridized carbons (Fsp3) is 0.421. The first-order chi connectivity index (χ1) is 12.5. The van der Waals surface area contributed by atoms with Crippen molar-refractivity contribution in [1.29, 1.82) is 0 Å². The van der Waals surface area contributed by atoms with Gasteiger partial charge < -0.3 is 14.8 Å². The summed E-state index contributed by atoms with van der Waals surface area (Å²) < 4.78 is 0. The molecule has 3 rings (SSSR count). The van der Waals surface area contributed by atoms with Crippen LogP contribution in [0, 0.1) is 6.92 Å². The number of H-pyrrole nitrogens is 1. The highest BCUT2D eigenvalue weighted by atomic mass is 35.5. The number of hydrogen-bond donors (Lipinski definition) is 1. The summed E-state index contributed by atoms with van der Waals surface area (Å²) in [6.45, 7) is 5.98. The molecule has 2 heterocycles. The lowest BCUT2D eigenvalue weighted by molar-refractivity contribution is -0.132. The second-order valence-electron chi connectivity index (χ2n) is 6.49. The maximum absolute atomic E-state index is 12.7. The van der Waals surface area contributed by atoms with E-state index in [1.54, 1.807) is 22.1 Å². The van der Waals surface area contributed by atoms with Gasteiger partial charge in [-0.3, -0.25) is 9.59 Å². The molecule has 0 aliphatic carbocycles. The molecule has 2 amide bonds. The van der Waals surface area contributed by atoms with Crippen molar-refractivity contribution in [1.82, 2.24) is 19.8 Å². The largest absolute Gasteiger partial charge is 0.345 e. The number of rotatable bonds is 4. The predicted molar refractivity (Wildman–Crippen MR) is 100 cm³/mol. The Balaban J connectivity index is 1.57. The van der Waals surface area contributed by atoms with E-state index in [9.17, 15) is 9.59 Å². The number of carbonyl (C=O) groups excluding carboxylic acids is 2. The molecule has 138 valence electrons. The van der Waals surface area contributed by atoms with E-state index >= 15 is 0 Å². The Morgan fingerprint density at radius 3 is 2.54 bits per heavy atom. The summed E-state index contributed by atoms with van der Waals surface area (Å²) in [6, 6.07) is 5.47. The number of carbonyl (C=O) groups is 2. The first-order valence-corrected chi connectivity index (χ1v) is 9.22. The molecule has 1 aliphatic heterocycles.